The first-order chi connectivity index (χ1) is 4.43. The van der Waals surface area contributed by atoms with Crippen molar-refractivity contribution in [1.29, 1.82) is 0 Å². The summed E-state index contributed by atoms with van der Waals surface area (Å²) in [5.74, 6) is 1.84. The van der Waals surface area contributed by atoms with Crippen LogP contribution in [0, 0.1) is 5.92 Å². The molecule has 0 amide bonds. The Morgan fingerprint density at radius 1 is 1.09 bits per heavy atom. The Balaban J connectivity index is 0. The van der Waals surface area contributed by atoms with Crippen LogP contribution in [-0.4, -0.2) is 23.1 Å². The Morgan fingerprint density at radius 3 is 2.09 bits per heavy atom. The zero-order valence-electron chi connectivity index (χ0n) is 7.53. The Morgan fingerprint density at radius 2 is 1.64 bits per heavy atom. The van der Waals surface area contributed by atoms with Gasteiger partial charge in [-0.1, -0.05) is 32.6 Å². The maximum Gasteiger partial charge on any atom is 2.00 e. The molecule has 1 rings (SSSR count). The van der Waals surface area contributed by atoms with Crippen molar-refractivity contribution in [2.45, 2.75) is 51.9 Å². The molecule has 0 radical (unpaired) electrons. The molecule has 0 aliphatic heterocycles. The summed E-state index contributed by atoms with van der Waals surface area (Å²) >= 11 is 0. The molecule has 0 aromatic carbocycles. The van der Waals surface area contributed by atoms with E-state index in [0.717, 1.165) is 0 Å². The molecule has 0 saturated heterocycles. The predicted molar refractivity (Wildman–Crippen MR) is 47.0 cm³/mol. The molecule has 1 aliphatic carbocycles. The third kappa shape index (κ3) is 6.41. The Hall–Kier alpha value is 1.25. The second-order valence-electron chi connectivity index (χ2n) is 3.06. The van der Waals surface area contributed by atoms with Gasteiger partial charge < -0.3 is 22.9 Å². The van der Waals surface area contributed by atoms with Gasteiger partial charge in [0.05, 0.1) is 0 Å². The van der Waals surface area contributed by atoms with Crippen molar-refractivity contribution in [2.24, 2.45) is 0 Å². The zero-order chi connectivity index (χ0) is 6.53. The molecule has 1 saturated carbocycles. The number of halogens is 1. The van der Waals surface area contributed by atoms with Gasteiger partial charge in [-0.15, -0.1) is 0 Å². The van der Waals surface area contributed by atoms with Crippen LogP contribution in [0.1, 0.15) is 51.9 Å². The van der Waals surface area contributed by atoms with Gasteiger partial charge >= 0.3 is 23.1 Å². The fourth-order valence-corrected chi connectivity index (χ4v) is 1.66. The minimum Gasteiger partial charge on any atom is -1.00 e. The summed E-state index contributed by atoms with van der Waals surface area (Å²) < 4.78 is 0. The van der Waals surface area contributed by atoms with Crippen molar-refractivity contribution >= 4 is 23.1 Å². The van der Waals surface area contributed by atoms with Crippen LogP contribution in [0.3, 0.4) is 0 Å². The Kier molecular flexibility index (Phi) is 12.5. The topological polar surface area (TPSA) is 0 Å². The number of hydrogen-bond donors (Lipinski definition) is 0. The van der Waals surface area contributed by atoms with Crippen molar-refractivity contribution in [1.82, 2.24) is 0 Å². The van der Waals surface area contributed by atoms with E-state index in [1.807, 2.05) is 5.92 Å². The fourth-order valence-electron chi connectivity index (χ4n) is 1.66. The molecule has 0 N–H and O–H groups in total. The molecule has 0 heterocycles. The molecule has 0 atom stereocenters. The second-order valence-corrected chi connectivity index (χ2v) is 3.06. The minimum atomic E-state index is 0. The third-order valence-corrected chi connectivity index (χ3v) is 2.16. The second kappa shape index (κ2) is 9.34. The van der Waals surface area contributed by atoms with E-state index in [1.54, 1.807) is 0 Å². The van der Waals surface area contributed by atoms with Gasteiger partial charge in [-0.2, -0.15) is 19.3 Å². The molecule has 1 aliphatic rings. The van der Waals surface area contributed by atoms with Gasteiger partial charge in [-0.3, -0.25) is 0 Å². The van der Waals surface area contributed by atoms with E-state index in [2.05, 4.69) is 6.92 Å². The molecule has 0 spiro atoms. The fraction of sp³-hybridized carbons (Fsp3) is 0.889. The quantitative estimate of drug-likeness (QED) is 0.460. The van der Waals surface area contributed by atoms with Crippen LogP contribution < -0.4 is 17.0 Å². The molecule has 0 nitrogen and oxygen atoms in total. The molecule has 0 unspecified atom stereocenters. The summed E-state index contributed by atoms with van der Waals surface area (Å²) in [5.41, 5.74) is 0. The van der Waals surface area contributed by atoms with E-state index >= 15 is 0 Å². The summed E-state index contributed by atoms with van der Waals surface area (Å²) in [6.07, 6.45) is 10.1. The van der Waals surface area contributed by atoms with Crippen molar-refractivity contribution in [3.63, 3.8) is 0 Å². The van der Waals surface area contributed by atoms with Crippen LogP contribution in [-0.2, 0) is 0 Å². The predicted octanol–water partition coefficient (Wildman–Crippen LogP) is -0.0517. The smallest absolute Gasteiger partial charge is 1.00 e. The molecule has 0 bridgehead atoms. The maximum absolute atomic E-state index is 2.28. The standard InChI is InChI=1S/C9H17.BrH.Mg/c1-2-6-9-7-4-3-5-8-9;;/h2-8H2,1H3;1H;/q-1;;+2/p-1. The monoisotopic (exact) mass is 228 g/mol. The van der Waals surface area contributed by atoms with E-state index < -0.39 is 0 Å². The van der Waals surface area contributed by atoms with E-state index in [0.29, 0.717) is 0 Å². The van der Waals surface area contributed by atoms with E-state index in [-0.39, 0.29) is 40.0 Å². The number of rotatable bonds is 2. The van der Waals surface area contributed by atoms with Crippen LogP contribution in [0.15, 0.2) is 0 Å². The van der Waals surface area contributed by atoms with Crippen molar-refractivity contribution < 1.29 is 17.0 Å². The molecule has 1 fully saturated rings. The van der Waals surface area contributed by atoms with Gasteiger partial charge in [0, 0.05) is 0 Å². The van der Waals surface area contributed by atoms with Gasteiger partial charge in [0.1, 0.15) is 0 Å². The largest absolute Gasteiger partial charge is 2.00 e. The van der Waals surface area contributed by atoms with E-state index in [4.69, 9.17) is 0 Å². The van der Waals surface area contributed by atoms with Gasteiger partial charge in [-0.05, 0) is 0 Å². The maximum atomic E-state index is 2.28. The van der Waals surface area contributed by atoms with Gasteiger partial charge in [0.2, 0.25) is 0 Å². The molecule has 0 aromatic rings. The van der Waals surface area contributed by atoms with Crippen molar-refractivity contribution in [3.8, 4) is 0 Å². The van der Waals surface area contributed by atoms with Crippen LogP contribution in [0.2, 0.25) is 0 Å². The minimum absolute atomic E-state index is 0. The molecular weight excluding hydrogens is 212 g/mol. The van der Waals surface area contributed by atoms with Gasteiger partial charge in [-0.25, -0.2) is 0 Å². The summed E-state index contributed by atoms with van der Waals surface area (Å²) in [5, 5.41) is 0. The van der Waals surface area contributed by atoms with Crippen LogP contribution in [0.25, 0.3) is 0 Å². The van der Waals surface area contributed by atoms with Crippen molar-refractivity contribution in [2.75, 3.05) is 0 Å². The van der Waals surface area contributed by atoms with E-state index in [1.165, 1.54) is 44.9 Å². The van der Waals surface area contributed by atoms with Crippen LogP contribution in [0.5, 0.6) is 0 Å². The third-order valence-electron chi connectivity index (χ3n) is 2.16. The van der Waals surface area contributed by atoms with Gasteiger partial charge in [0.25, 0.3) is 0 Å². The number of hydrogen-bond acceptors (Lipinski definition) is 0. The average molecular weight is 229 g/mol. The summed E-state index contributed by atoms with van der Waals surface area (Å²) in [7, 11) is 0. The first kappa shape index (κ1) is 14.8. The summed E-state index contributed by atoms with van der Waals surface area (Å²) in [6.45, 7) is 2.28. The molecular formula is C9H17BrMg. The SMILES string of the molecule is CCC[C-]1CCCCC1.[Br-].[Mg+2]. The Labute approximate surface area is 97.4 Å². The van der Waals surface area contributed by atoms with E-state index in [9.17, 15) is 0 Å². The Bertz CT molecular complexity index is 67.2. The van der Waals surface area contributed by atoms with Crippen molar-refractivity contribution in [3.05, 3.63) is 5.92 Å². The summed E-state index contributed by atoms with van der Waals surface area (Å²) in [6, 6.07) is 0. The molecule has 0 aromatic heterocycles. The first-order valence-corrected chi connectivity index (χ1v) is 4.27. The van der Waals surface area contributed by atoms with Crippen LogP contribution >= 0.6 is 0 Å². The molecule has 62 valence electrons. The first-order valence-electron chi connectivity index (χ1n) is 4.27. The summed E-state index contributed by atoms with van der Waals surface area (Å²) in [4.78, 5) is 0. The molecule has 11 heavy (non-hydrogen) atoms. The van der Waals surface area contributed by atoms with Gasteiger partial charge in [0.15, 0.2) is 0 Å². The molecule has 2 heteroatoms. The zero-order valence-corrected chi connectivity index (χ0v) is 10.5. The van der Waals surface area contributed by atoms with Crippen LogP contribution in [0.4, 0.5) is 0 Å². The normalized spacial score (nSPS) is 18.3. The average Bonchev–Trinajstić information content (AvgIpc) is 1.91.